The Morgan fingerprint density at radius 3 is 2.84 bits per heavy atom. The maximum Gasteiger partial charge on any atom is 0.337 e. The maximum atomic E-state index is 13.3. The fraction of sp³-hybridized carbons (Fsp3) is 0.375. The first kappa shape index (κ1) is 22.4. The minimum atomic E-state index is -0.454. The third-order valence-electron chi connectivity index (χ3n) is 5.28. The number of aromatic nitrogens is 2. The lowest BCUT2D eigenvalue weighted by atomic mass is 10.1. The van der Waals surface area contributed by atoms with Crippen LogP contribution >= 0.6 is 11.8 Å². The predicted octanol–water partition coefficient (Wildman–Crippen LogP) is 3.92. The topological polar surface area (TPSA) is 79.7 Å². The number of hydrogen-bond donors (Lipinski definition) is 0. The zero-order valence-corrected chi connectivity index (χ0v) is 18.8. The van der Waals surface area contributed by atoms with Gasteiger partial charge in [0.2, 0.25) is 0 Å². The molecule has 0 radical (unpaired) electrons. The Kier molecular flexibility index (Phi) is 7.44. The quantitative estimate of drug-likeness (QED) is 0.210. The molecule has 4 rings (SSSR count). The molecule has 0 bridgehead atoms. The van der Waals surface area contributed by atoms with E-state index in [0.717, 1.165) is 37.4 Å². The first-order valence-corrected chi connectivity index (χ1v) is 11.7. The first-order valence-electron chi connectivity index (χ1n) is 10.7. The van der Waals surface area contributed by atoms with Gasteiger partial charge in [0, 0.05) is 12.4 Å². The van der Waals surface area contributed by atoms with Gasteiger partial charge in [0.05, 0.1) is 42.8 Å². The highest BCUT2D eigenvalue weighted by atomic mass is 32.2. The number of methoxy groups -OCH3 is 1. The van der Waals surface area contributed by atoms with Gasteiger partial charge in [-0.25, -0.2) is 9.78 Å². The molecule has 32 heavy (non-hydrogen) atoms. The number of rotatable bonds is 9. The van der Waals surface area contributed by atoms with Crippen molar-refractivity contribution in [2.45, 2.75) is 37.1 Å². The molecule has 0 N–H and O–H groups in total. The van der Waals surface area contributed by atoms with Crippen LogP contribution < -0.4 is 10.3 Å². The van der Waals surface area contributed by atoms with Gasteiger partial charge < -0.3 is 14.2 Å². The molecule has 2 heterocycles. The smallest absolute Gasteiger partial charge is 0.337 e. The van der Waals surface area contributed by atoms with Crippen molar-refractivity contribution in [3.63, 3.8) is 0 Å². The first-order chi connectivity index (χ1) is 15.7. The summed E-state index contributed by atoms with van der Waals surface area (Å²) in [6.07, 6.45) is 2.75. The van der Waals surface area contributed by atoms with Gasteiger partial charge in [-0.15, -0.1) is 0 Å². The number of fused-ring (bicyclic) bond motifs is 1. The molecule has 1 saturated heterocycles. The van der Waals surface area contributed by atoms with Crippen molar-refractivity contribution in [2.75, 3.05) is 26.1 Å². The minimum absolute atomic E-state index is 0.0158. The van der Waals surface area contributed by atoms with Gasteiger partial charge in [-0.2, -0.15) is 0 Å². The second kappa shape index (κ2) is 10.7. The van der Waals surface area contributed by atoms with Crippen molar-refractivity contribution in [3.05, 3.63) is 64.4 Å². The Bertz CT molecular complexity index is 1130. The molecule has 0 aliphatic carbocycles. The number of esters is 1. The van der Waals surface area contributed by atoms with Crippen molar-refractivity contribution in [2.24, 2.45) is 0 Å². The van der Waals surface area contributed by atoms with Crippen molar-refractivity contribution in [1.29, 1.82) is 0 Å². The number of ether oxygens (including phenoxy) is 3. The summed E-state index contributed by atoms with van der Waals surface area (Å²) in [5, 5.41) is 1.10. The van der Waals surface area contributed by atoms with E-state index in [-0.39, 0.29) is 11.7 Å². The largest absolute Gasteiger partial charge is 0.494 e. The lowest BCUT2D eigenvalue weighted by Crippen LogP contribution is -2.29. The SMILES string of the molecule is COC(=O)c1ccc2c(=O)n(CC3CCCO3)c(SCCCOc3ccccc3)nc2c1. The summed E-state index contributed by atoms with van der Waals surface area (Å²) in [6.45, 7) is 1.78. The monoisotopic (exact) mass is 454 g/mol. The molecule has 1 fully saturated rings. The van der Waals surface area contributed by atoms with E-state index in [9.17, 15) is 9.59 Å². The van der Waals surface area contributed by atoms with Gasteiger partial charge >= 0.3 is 5.97 Å². The average molecular weight is 455 g/mol. The molecule has 1 atom stereocenters. The van der Waals surface area contributed by atoms with Crippen LogP contribution in [-0.4, -0.2) is 47.7 Å². The summed E-state index contributed by atoms with van der Waals surface area (Å²) in [7, 11) is 1.33. The van der Waals surface area contributed by atoms with Crippen LogP contribution in [0.25, 0.3) is 10.9 Å². The highest BCUT2D eigenvalue weighted by Gasteiger charge is 2.21. The van der Waals surface area contributed by atoms with Crippen molar-refractivity contribution >= 4 is 28.6 Å². The normalized spacial score (nSPS) is 15.7. The number of hydrogen-bond acceptors (Lipinski definition) is 7. The molecule has 1 unspecified atom stereocenters. The van der Waals surface area contributed by atoms with Crippen LogP contribution in [0.5, 0.6) is 5.75 Å². The van der Waals surface area contributed by atoms with E-state index >= 15 is 0 Å². The highest BCUT2D eigenvalue weighted by molar-refractivity contribution is 7.99. The standard InChI is InChI=1S/C24H26N2O5S/c1-29-23(28)17-10-11-20-21(15-17)25-24(26(22(20)27)16-19-9-5-12-31-19)32-14-6-13-30-18-7-3-2-4-8-18/h2-4,7-8,10-11,15,19H,5-6,9,12-14,16H2,1H3. The number of para-hydroxylation sites is 1. The molecule has 3 aromatic rings. The molecule has 1 aliphatic rings. The second-order valence-corrected chi connectivity index (χ2v) is 8.59. The number of benzene rings is 2. The molecule has 0 saturated carbocycles. The van der Waals surface area contributed by atoms with Gasteiger partial charge in [-0.05, 0) is 49.6 Å². The van der Waals surface area contributed by atoms with Gasteiger partial charge in [-0.1, -0.05) is 30.0 Å². The maximum absolute atomic E-state index is 13.3. The lowest BCUT2D eigenvalue weighted by molar-refractivity contribution is 0.0601. The fourth-order valence-corrected chi connectivity index (χ4v) is 4.56. The number of carbonyl (C=O) groups is 1. The van der Waals surface area contributed by atoms with Crippen LogP contribution in [0, 0.1) is 0 Å². The van der Waals surface area contributed by atoms with Crippen molar-refractivity contribution in [1.82, 2.24) is 9.55 Å². The Morgan fingerprint density at radius 1 is 1.25 bits per heavy atom. The summed E-state index contributed by atoms with van der Waals surface area (Å²) < 4.78 is 18.0. The molecular weight excluding hydrogens is 428 g/mol. The van der Waals surface area contributed by atoms with E-state index in [0.29, 0.717) is 34.8 Å². The Morgan fingerprint density at radius 2 is 2.09 bits per heavy atom. The van der Waals surface area contributed by atoms with Crippen LogP contribution in [0.2, 0.25) is 0 Å². The number of thioether (sulfide) groups is 1. The second-order valence-electron chi connectivity index (χ2n) is 7.53. The Hall–Kier alpha value is -2.84. The minimum Gasteiger partial charge on any atom is -0.494 e. The summed E-state index contributed by atoms with van der Waals surface area (Å²) in [5.41, 5.74) is 0.741. The summed E-state index contributed by atoms with van der Waals surface area (Å²) in [6, 6.07) is 14.5. The van der Waals surface area contributed by atoms with Gasteiger partial charge in [0.25, 0.3) is 5.56 Å². The van der Waals surface area contributed by atoms with Crippen LogP contribution in [0.1, 0.15) is 29.6 Å². The van der Waals surface area contributed by atoms with E-state index < -0.39 is 5.97 Å². The van der Waals surface area contributed by atoms with E-state index in [1.165, 1.54) is 18.9 Å². The van der Waals surface area contributed by atoms with Gasteiger partial charge in [-0.3, -0.25) is 9.36 Å². The summed E-state index contributed by atoms with van der Waals surface area (Å²) >= 11 is 1.51. The van der Waals surface area contributed by atoms with Crippen LogP contribution in [-0.2, 0) is 16.0 Å². The van der Waals surface area contributed by atoms with E-state index in [4.69, 9.17) is 19.2 Å². The molecule has 8 heteroatoms. The van der Waals surface area contributed by atoms with Crippen LogP contribution in [0.3, 0.4) is 0 Å². The average Bonchev–Trinajstić information content (AvgIpc) is 3.34. The van der Waals surface area contributed by atoms with Crippen molar-refractivity contribution < 1.29 is 19.0 Å². The summed E-state index contributed by atoms with van der Waals surface area (Å²) in [5.74, 6) is 1.13. The molecule has 7 nitrogen and oxygen atoms in total. The van der Waals surface area contributed by atoms with E-state index in [2.05, 4.69) is 0 Å². The Labute approximate surface area is 190 Å². The fourth-order valence-electron chi connectivity index (χ4n) is 3.64. The molecule has 2 aromatic carbocycles. The third kappa shape index (κ3) is 5.31. The van der Waals surface area contributed by atoms with Crippen molar-refractivity contribution in [3.8, 4) is 5.75 Å². The zero-order valence-electron chi connectivity index (χ0n) is 18.0. The molecule has 1 aromatic heterocycles. The molecule has 1 aliphatic heterocycles. The highest BCUT2D eigenvalue weighted by Crippen LogP contribution is 2.22. The number of carbonyl (C=O) groups excluding carboxylic acids is 1. The molecule has 0 amide bonds. The van der Waals surface area contributed by atoms with E-state index in [1.807, 2.05) is 30.3 Å². The zero-order chi connectivity index (χ0) is 22.3. The van der Waals surface area contributed by atoms with Gasteiger partial charge in [0.1, 0.15) is 5.75 Å². The van der Waals surface area contributed by atoms with Crippen LogP contribution in [0.15, 0.2) is 58.5 Å². The molecular formula is C24H26N2O5S. The number of nitrogens with zero attached hydrogens (tertiary/aromatic N) is 2. The van der Waals surface area contributed by atoms with Crippen LogP contribution in [0.4, 0.5) is 0 Å². The van der Waals surface area contributed by atoms with E-state index in [1.54, 1.807) is 22.8 Å². The van der Waals surface area contributed by atoms with Gasteiger partial charge in [0.15, 0.2) is 5.16 Å². The third-order valence-corrected chi connectivity index (χ3v) is 6.35. The molecule has 168 valence electrons. The predicted molar refractivity (Wildman–Crippen MR) is 124 cm³/mol. The Balaban J connectivity index is 1.54. The summed E-state index contributed by atoms with van der Waals surface area (Å²) in [4.78, 5) is 29.9. The lowest BCUT2D eigenvalue weighted by Gasteiger charge is -2.16. The molecule has 0 spiro atoms.